The highest BCUT2D eigenvalue weighted by molar-refractivity contribution is 6.77. The van der Waals surface area contributed by atoms with E-state index < -0.39 is 8.24 Å². The van der Waals surface area contributed by atoms with Gasteiger partial charge < -0.3 is 14.6 Å². The van der Waals surface area contributed by atoms with Gasteiger partial charge in [0.2, 0.25) is 0 Å². The maximum atomic E-state index is 6.02. The average molecular weight is 379 g/mol. The van der Waals surface area contributed by atoms with E-state index >= 15 is 0 Å². The molecule has 3 aliphatic rings. The maximum Gasteiger partial charge on any atom is 0.125 e. The van der Waals surface area contributed by atoms with Crippen LogP contribution in [0.25, 0.3) is 0 Å². The molecule has 0 amide bonds. The number of allylic oxidation sites excluding steroid dienone is 1. The Kier molecular flexibility index (Phi) is 5.21. The monoisotopic (exact) mass is 378 g/mol. The van der Waals surface area contributed by atoms with E-state index in [-0.39, 0.29) is 5.54 Å². The first kappa shape index (κ1) is 20.4. The number of fused-ring (bicyclic) bond motifs is 3. The van der Waals surface area contributed by atoms with Gasteiger partial charge in [-0.05, 0) is 63.3 Å². The van der Waals surface area contributed by atoms with Crippen LogP contribution < -0.4 is 4.98 Å². The Morgan fingerprint density at radius 2 is 1.85 bits per heavy atom. The normalized spacial score (nSPS) is 43.3. The van der Waals surface area contributed by atoms with E-state index in [4.69, 9.17) is 4.74 Å². The fourth-order valence-corrected chi connectivity index (χ4v) is 12.2. The summed E-state index contributed by atoms with van der Waals surface area (Å²) in [7, 11) is 2.61. The standard InChI is InChI=1S/C22H42N2OSi/c1-13-11-16-17-12-14(2)24(7)19(17)21(18(16)15(3)20(13)25-8)26(9,10)23-22(4,5)6/h12-13,15-21,23H,11H2,1-10H3. The van der Waals surface area contributed by atoms with Crippen LogP contribution >= 0.6 is 0 Å². The predicted molar refractivity (Wildman–Crippen MR) is 114 cm³/mol. The van der Waals surface area contributed by atoms with E-state index in [1.54, 1.807) is 0 Å². The van der Waals surface area contributed by atoms with Crippen LogP contribution in [0, 0.1) is 29.6 Å². The fourth-order valence-electron chi connectivity index (χ4n) is 7.33. The van der Waals surface area contributed by atoms with Crippen LogP contribution in [-0.4, -0.2) is 45.0 Å². The molecule has 0 radical (unpaired) electrons. The van der Waals surface area contributed by atoms with Crippen LogP contribution in [-0.2, 0) is 4.74 Å². The second kappa shape index (κ2) is 6.63. The highest BCUT2D eigenvalue weighted by atomic mass is 28.3. The lowest BCUT2D eigenvalue weighted by Crippen LogP contribution is -2.61. The minimum Gasteiger partial charge on any atom is -0.381 e. The molecule has 0 spiro atoms. The molecule has 3 rings (SSSR count). The molecule has 8 unspecified atom stereocenters. The van der Waals surface area contributed by atoms with Crippen molar-refractivity contribution in [3.8, 4) is 0 Å². The van der Waals surface area contributed by atoms with Gasteiger partial charge in [0.05, 0.1) is 6.10 Å². The van der Waals surface area contributed by atoms with E-state index in [1.165, 1.54) is 12.1 Å². The number of methoxy groups -OCH3 is 1. The van der Waals surface area contributed by atoms with Crippen molar-refractivity contribution in [1.82, 2.24) is 9.88 Å². The number of rotatable bonds is 3. The molecule has 4 heteroatoms. The molecule has 2 aliphatic carbocycles. The Hall–Kier alpha value is -0.323. The van der Waals surface area contributed by atoms with Crippen molar-refractivity contribution in [3.05, 3.63) is 11.8 Å². The molecule has 0 aromatic rings. The summed E-state index contributed by atoms with van der Waals surface area (Å²) in [5.41, 5.74) is 2.42. The molecule has 0 bridgehead atoms. The van der Waals surface area contributed by atoms with Crippen molar-refractivity contribution in [2.24, 2.45) is 29.6 Å². The number of nitrogens with zero attached hydrogens (tertiary/aromatic N) is 1. The number of hydrogen-bond acceptors (Lipinski definition) is 3. The smallest absolute Gasteiger partial charge is 0.125 e. The summed E-state index contributed by atoms with van der Waals surface area (Å²) in [5, 5.41) is 0. The molecule has 0 aromatic heterocycles. The quantitative estimate of drug-likeness (QED) is 0.719. The summed E-state index contributed by atoms with van der Waals surface area (Å²) < 4.78 is 6.02. The molecule has 26 heavy (non-hydrogen) atoms. The van der Waals surface area contributed by atoms with Crippen molar-refractivity contribution < 1.29 is 4.74 Å². The van der Waals surface area contributed by atoms with Crippen LogP contribution in [0.15, 0.2) is 11.8 Å². The summed E-state index contributed by atoms with van der Waals surface area (Å²) in [6, 6.07) is 0.673. The van der Waals surface area contributed by atoms with Crippen LogP contribution in [0.4, 0.5) is 0 Å². The van der Waals surface area contributed by atoms with E-state index in [9.17, 15) is 0 Å². The van der Waals surface area contributed by atoms with Gasteiger partial charge in [-0.1, -0.05) is 33.0 Å². The van der Waals surface area contributed by atoms with Crippen molar-refractivity contribution in [3.63, 3.8) is 0 Å². The van der Waals surface area contributed by atoms with Gasteiger partial charge in [0, 0.05) is 37.4 Å². The predicted octanol–water partition coefficient (Wildman–Crippen LogP) is 4.72. The van der Waals surface area contributed by atoms with Gasteiger partial charge in [0.1, 0.15) is 8.24 Å². The third kappa shape index (κ3) is 3.20. The van der Waals surface area contributed by atoms with Crippen molar-refractivity contribution in [2.45, 2.75) is 84.3 Å². The Bertz CT molecular complexity index is 567. The molecule has 2 saturated carbocycles. The topological polar surface area (TPSA) is 24.5 Å². The van der Waals surface area contributed by atoms with Gasteiger partial charge >= 0.3 is 0 Å². The van der Waals surface area contributed by atoms with Crippen LogP contribution in [0.3, 0.4) is 0 Å². The van der Waals surface area contributed by atoms with Gasteiger partial charge in [0.25, 0.3) is 0 Å². The van der Waals surface area contributed by atoms with Crippen LogP contribution in [0.5, 0.6) is 0 Å². The molecule has 3 nitrogen and oxygen atoms in total. The first-order valence-corrected chi connectivity index (χ1v) is 13.7. The molecule has 0 saturated heterocycles. The highest BCUT2D eigenvalue weighted by Gasteiger charge is 2.62. The molecule has 8 atom stereocenters. The molecule has 1 N–H and O–H groups in total. The molecule has 150 valence electrons. The second-order valence-corrected chi connectivity index (χ2v) is 15.5. The Morgan fingerprint density at radius 1 is 1.23 bits per heavy atom. The second-order valence-electron chi connectivity index (χ2n) is 11.1. The zero-order valence-electron chi connectivity index (χ0n) is 18.8. The first-order valence-electron chi connectivity index (χ1n) is 10.6. The van der Waals surface area contributed by atoms with Crippen molar-refractivity contribution in [1.29, 1.82) is 0 Å². The van der Waals surface area contributed by atoms with Gasteiger partial charge in [-0.2, -0.15) is 0 Å². The van der Waals surface area contributed by atoms with E-state index in [1.807, 2.05) is 7.11 Å². The van der Waals surface area contributed by atoms with Gasteiger partial charge in [0.15, 0.2) is 0 Å². The molecular formula is C22H42N2OSi. The molecule has 2 fully saturated rings. The third-order valence-electron chi connectivity index (χ3n) is 7.74. The average Bonchev–Trinajstić information content (AvgIpc) is 2.93. The third-order valence-corrected chi connectivity index (χ3v) is 11.5. The fraction of sp³-hybridized carbons (Fsp3) is 0.909. The maximum absolute atomic E-state index is 6.02. The van der Waals surface area contributed by atoms with Gasteiger partial charge in [-0.25, -0.2) is 0 Å². The Morgan fingerprint density at radius 3 is 2.38 bits per heavy atom. The first-order chi connectivity index (χ1) is 11.9. The lowest BCUT2D eigenvalue weighted by molar-refractivity contribution is -0.0517. The zero-order valence-corrected chi connectivity index (χ0v) is 19.8. The lowest BCUT2D eigenvalue weighted by Gasteiger charge is -2.49. The SMILES string of the molecule is COC1C(C)CC2C3C=C(C)N(C)C3C([Si](C)(C)NC(C)(C)C)C2C1C. The van der Waals surface area contributed by atoms with Gasteiger partial charge in [-0.3, -0.25) is 0 Å². The molecular weight excluding hydrogens is 336 g/mol. The lowest BCUT2D eigenvalue weighted by atomic mass is 9.66. The van der Waals surface area contributed by atoms with Crippen molar-refractivity contribution in [2.75, 3.05) is 14.2 Å². The summed E-state index contributed by atoms with van der Waals surface area (Å²) in [6.07, 6.45) is 4.34. The number of nitrogens with one attached hydrogen (secondary N) is 1. The highest BCUT2D eigenvalue weighted by Crippen LogP contribution is 2.62. The van der Waals surface area contributed by atoms with Gasteiger partial charge in [-0.15, -0.1) is 0 Å². The van der Waals surface area contributed by atoms with E-state index in [0.717, 1.165) is 23.3 Å². The summed E-state index contributed by atoms with van der Waals surface area (Å²) in [5.74, 6) is 3.62. The van der Waals surface area contributed by atoms with E-state index in [2.05, 4.69) is 77.6 Å². The summed E-state index contributed by atoms with van der Waals surface area (Å²) >= 11 is 0. The van der Waals surface area contributed by atoms with Crippen molar-refractivity contribution >= 4 is 8.24 Å². The number of hydrogen-bond donors (Lipinski definition) is 1. The minimum atomic E-state index is -1.66. The zero-order chi connectivity index (χ0) is 19.6. The molecule has 1 aliphatic heterocycles. The minimum absolute atomic E-state index is 0.175. The number of ether oxygens (including phenoxy) is 1. The Labute approximate surface area is 163 Å². The summed E-state index contributed by atoms with van der Waals surface area (Å²) in [6.45, 7) is 19.4. The van der Waals surface area contributed by atoms with Crippen LogP contribution in [0.1, 0.15) is 48.0 Å². The molecule has 1 heterocycles. The molecule has 0 aromatic carbocycles. The Balaban J connectivity index is 2.03. The van der Waals surface area contributed by atoms with E-state index in [0.29, 0.717) is 24.0 Å². The van der Waals surface area contributed by atoms with Crippen LogP contribution in [0.2, 0.25) is 18.6 Å². The summed E-state index contributed by atoms with van der Waals surface area (Å²) in [4.78, 5) is 6.75. The largest absolute Gasteiger partial charge is 0.381 e.